The van der Waals surface area contributed by atoms with Crippen LogP contribution in [0.3, 0.4) is 0 Å². The first-order valence-corrected chi connectivity index (χ1v) is 4.17. The quantitative estimate of drug-likeness (QED) is 0.573. The highest BCUT2D eigenvalue weighted by atomic mass is 16.5. The van der Waals surface area contributed by atoms with Gasteiger partial charge >= 0.3 is 0 Å². The number of rotatable bonds is 2. The fourth-order valence-corrected chi connectivity index (χ4v) is 1.41. The molecular weight excluding hydrogens is 124 g/mol. The van der Waals surface area contributed by atoms with E-state index in [9.17, 15) is 0 Å². The van der Waals surface area contributed by atoms with Gasteiger partial charge in [-0.05, 0) is 19.3 Å². The largest absolute Gasteiger partial charge is 0.495 e. The summed E-state index contributed by atoms with van der Waals surface area (Å²) in [5, 5.41) is 0. The van der Waals surface area contributed by atoms with Crippen molar-refractivity contribution in [1.29, 1.82) is 0 Å². The number of ether oxygens (including phenoxy) is 1. The molecule has 1 heteroatoms. The lowest BCUT2D eigenvalue weighted by molar-refractivity contribution is 0.0675. The summed E-state index contributed by atoms with van der Waals surface area (Å²) in [7, 11) is 0. The lowest BCUT2D eigenvalue weighted by atomic mass is 10.0. The molecule has 0 N–H and O–H groups in total. The van der Waals surface area contributed by atoms with Gasteiger partial charge in [-0.1, -0.05) is 19.9 Å². The van der Waals surface area contributed by atoms with Gasteiger partial charge in [0.1, 0.15) is 0 Å². The fraction of sp³-hybridized carbons (Fsp3) is 0.778. The molecule has 0 amide bonds. The molecule has 1 heterocycles. The summed E-state index contributed by atoms with van der Waals surface area (Å²) in [5.41, 5.74) is 0. The zero-order valence-corrected chi connectivity index (χ0v) is 6.73. The Hall–Kier alpha value is -0.460. The van der Waals surface area contributed by atoms with Gasteiger partial charge in [-0.15, -0.1) is 0 Å². The van der Waals surface area contributed by atoms with Crippen LogP contribution in [0, 0.1) is 0 Å². The van der Waals surface area contributed by atoms with Crippen molar-refractivity contribution in [3.63, 3.8) is 0 Å². The van der Waals surface area contributed by atoms with Gasteiger partial charge in [0.25, 0.3) is 0 Å². The standard InChI is InChI=1S/C9H16O/c1-3-5-9-7-4-6-8(2)10-9/h9H,2-7H2,1H3. The van der Waals surface area contributed by atoms with Crippen molar-refractivity contribution in [2.75, 3.05) is 0 Å². The summed E-state index contributed by atoms with van der Waals surface area (Å²) in [6.07, 6.45) is 6.46. The van der Waals surface area contributed by atoms with Gasteiger partial charge in [-0.3, -0.25) is 0 Å². The Morgan fingerprint density at radius 2 is 2.50 bits per heavy atom. The zero-order valence-electron chi connectivity index (χ0n) is 6.73. The van der Waals surface area contributed by atoms with Crippen LogP contribution in [0.15, 0.2) is 12.3 Å². The van der Waals surface area contributed by atoms with Crippen molar-refractivity contribution in [2.45, 2.75) is 45.1 Å². The van der Waals surface area contributed by atoms with Gasteiger partial charge < -0.3 is 4.74 Å². The van der Waals surface area contributed by atoms with Crippen molar-refractivity contribution in [3.05, 3.63) is 12.3 Å². The van der Waals surface area contributed by atoms with E-state index in [2.05, 4.69) is 13.5 Å². The molecule has 1 aliphatic heterocycles. The molecule has 1 unspecified atom stereocenters. The maximum Gasteiger partial charge on any atom is 0.0982 e. The minimum atomic E-state index is 0.478. The predicted molar refractivity (Wildman–Crippen MR) is 42.8 cm³/mol. The van der Waals surface area contributed by atoms with Crippen LogP contribution in [0.25, 0.3) is 0 Å². The van der Waals surface area contributed by atoms with Crippen LogP contribution in [0.1, 0.15) is 39.0 Å². The summed E-state index contributed by atoms with van der Waals surface area (Å²) in [6, 6.07) is 0. The number of allylic oxidation sites excluding steroid dienone is 1. The molecule has 0 aliphatic carbocycles. The molecule has 1 fully saturated rings. The predicted octanol–water partition coefficient (Wildman–Crippen LogP) is 2.87. The second-order valence-electron chi connectivity index (χ2n) is 2.96. The molecule has 0 aromatic carbocycles. The zero-order chi connectivity index (χ0) is 7.40. The average molecular weight is 140 g/mol. The van der Waals surface area contributed by atoms with Crippen LogP contribution < -0.4 is 0 Å². The van der Waals surface area contributed by atoms with E-state index in [1.54, 1.807) is 0 Å². The van der Waals surface area contributed by atoms with Gasteiger partial charge in [-0.25, -0.2) is 0 Å². The Morgan fingerprint density at radius 1 is 1.70 bits per heavy atom. The minimum absolute atomic E-state index is 0.478. The molecule has 0 spiro atoms. The van der Waals surface area contributed by atoms with E-state index < -0.39 is 0 Å². The van der Waals surface area contributed by atoms with Gasteiger partial charge in [-0.2, -0.15) is 0 Å². The maximum atomic E-state index is 5.53. The normalized spacial score (nSPS) is 26.1. The lowest BCUT2D eigenvalue weighted by Gasteiger charge is -2.24. The first kappa shape index (κ1) is 7.64. The lowest BCUT2D eigenvalue weighted by Crippen LogP contribution is -2.16. The molecule has 0 aromatic rings. The monoisotopic (exact) mass is 140 g/mol. The highest BCUT2D eigenvalue weighted by Crippen LogP contribution is 2.22. The van der Waals surface area contributed by atoms with Crippen molar-refractivity contribution >= 4 is 0 Å². The molecule has 0 radical (unpaired) electrons. The van der Waals surface area contributed by atoms with E-state index in [1.165, 1.54) is 25.7 Å². The third-order valence-corrected chi connectivity index (χ3v) is 1.93. The Labute approximate surface area is 63.1 Å². The third kappa shape index (κ3) is 2.05. The summed E-state index contributed by atoms with van der Waals surface area (Å²) in [5.74, 6) is 0.990. The van der Waals surface area contributed by atoms with Crippen molar-refractivity contribution in [3.8, 4) is 0 Å². The van der Waals surface area contributed by atoms with E-state index in [0.29, 0.717) is 6.10 Å². The fourth-order valence-electron chi connectivity index (χ4n) is 1.41. The summed E-state index contributed by atoms with van der Waals surface area (Å²) in [4.78, 5) is 0. The van der Waals surface area contributed by atoms with E-state index in [-0.39, 0.29) is 0 Å². The topological polar surface area (TPSA) is 9.23 Å². The van der Waals surface area contributed by atoms with Crippen molar-refractivity contribution in [1.82, 2.24) is 0 Å². The summed E-state index contributed by atoms with van der Waals surface area (Å²) < 4.78 is 5.53. The molecule has 1 aliphatic rings. The van der Waals surface area contributed by atoms with Crippen molar-refractivity contribution < 1.29 is 4.74 Å². The Morgan fingerprint density at radius 3 is 3.10 bits per heavy atom. The van der Waals surface area contributed by atoms with E-state index >= 15 is 0 Å². The average Bonchev–Trinajstić information content (AvgIpc) is 1.88. The van der Waals surface area contributed by atoms with Crippen LogP contribution >= 0.6 is 0 Å². The molecule has 58 valence electrons. The number of hydrogen-bond donors (Lipinski definition) is 0. The van der Waals surface area contributed by atoms with Gasteiger partial charge in [0, 0.05) is 6.42 Å². The van der Waals surface area contributed by atoms with Crippen molar-refractivity contribution in [2.24, 2.45) is 0 Å². The van der Waals surface area contributed by atoms with Gasteiger partial charge in [0.2, 0.25) is 0 Å². The molecular formula is C9H16O. The van der Waals surface area contributed by atoms with Crippen LogP contribution in [-0.2, 0) is 4.74 Å². The first-order valence-electron chi connectivity index (χ1n) is 4.17. The van der Waals surface area contributed by atoms with Crippen LogP contribution in [0.2, 0.25) is 0 Å². The molecule has 0 aromatic heterocycles. The SMILES string of the molecule is C=C1CCCC(CCC)O1. The minimum Gasteiger partial charge on any atom is -0.495 e. The maximum absolute atomic E-state index is 5.53. The highest BCUT2D eigenvalue weighted by molar-refractivity contribution is 4.87. The van der Waals surface area contributed by atoms with Crippen LogP contribution in [-0.4, -0.2) is 6.10 Å². The van der Waals surface area contributed by atoms with E-state index in [4.69, 9.17) is 4.74 Å². The molecule has 1 rings (SSSR count). The summed E-state index contributed by atoms with van der Waals surface area (Å²) >= 11 is 0. The first-order chi connectivity index (χ1) is 4.83. The Bertz CT molecular complexity index is 116. The molecule has 1 nitrogen and oxygen atoms in total. The third-order valence-electron chi connectivity index (χ3n) is 1.93. The molecule has 1 atom stereocenters. The molecule has 0 saturated carbocycles. The van der Waals surface area contributed by atoms with Gasteiger partial charge in [0.15, 0.2) is 0 Å². The molecule has 1 saturated heterocycles. The van der Waals surface area contributed by atoms with Crippen LogP contribution in [0.4, 0.5) is 0 Å². The molecule has 10 heavy (non-hydrogen) atoms. The van der Waals surface area contributed by atoms with E-state index in [1.807, 2.05) is 0 Å². The highest BCUT2D eigenvalue weighted by Gasteiger charge is 2.14. The molecule has 0 bridgehead atoms. The smallest absolute Gasteiger partial charge is 0.0982 e. The number of hydrogen-bond acceptors (Lipinski definition) is 1. The Kier molecular flexibility index (Phi) is 2.79. The second-order valence-corrected chi connectivity index (χ2v) is 2.96. The Balaban J connectivity index is 2.25. The van der Waals surface area contributed by atoms with E-state index in [0.717, 1.165) is 12.2 Å². The van der Waals surface area contributed by atoms with Gasteiger partial charge in [0.05, 0.1) is 11.9 Å². The second kappa shape index (κ2) is 3.65. The summed E-state index contributed by atoms with van der Waals surface area (Å²) in [6.45, 7) is 6.02. The van der Waals surface area contributed by atoms with Crippen LogP contribution in [0.5, 0.6) is 0 Å².